The number of rotatable bonds is 3. The Morgan fingerprint density at radius 1 is 1.28 bits per heavy atom. The standard InChI is InChI=1S/C12H14ClN5/c1-7-4-3-5-9(6-7)8(2)15-12-17-10(13)16-11(14)18-12/h3-6,8H,1-2H3,(H3,14,15,16,17,18). The minimum Gasteiger partial charge on any atom is -0.368 e. The Balaban J connectivity index is 2.18. The first-order valence-corrected chi connectivity index (χ1v) is 5.92. The molecule has 6 heteroatoms. The molecule has 0 aliphatic heterocycles. The summed E-state index contributed by atoms with van der Waals surface area (Å²) in [7, 11) is 0. The first-order valence-electron chi connectivity index (χ1n) is 5.55. The predicted octanol–water partition coefficient (Wildman–Crippen LogP) is 2.59. The lowest BCUT2D eigenvalue weighted by Crippen LogP contribution is -2.11. The van der Waals surface area contributed by atoms with Gasteiger partial charge in [0, 0.05) is 0 Å². The molecular formula is C12H14ClN5. The smallest absolute Gasteiger partial charge is 0.229 e. The summed E-state index contributed by atoms with van der Waals surface area (Å²) in [6.07, 6.45) is 0. The molecule has 0 amide bonds. The van der Waals surface area contributed by atoms with E-state index < -0.39 is 0 Å². The van der Waals surface area contributed by atoms with Gasteiger partial charge in [-0.2, -0.15) is 15.0 Å². The van der Waals surface area contributed by atoms with E-state index >= 15 is 0 Å². The van der Waals surface area contributed by atoms with Crippen LogP contribution < -0.4 is 11.1 Å². The van der Waals surface area contributed by atoms with Gasteiger partial charge in [0.1, 0.15) is 0 Å². The fourth-order valence-electron chi connectivity index (χ4n) is 1.65. The maximum Gasteiger partial charge on any atom is 0.229 e. The van der Waals surface area contributed by atoms with Gasteiger partial charge in [-0.15, -0.1) is 0 Å². The van der Waals surface area contributed by atoms with Gasteiger partial charge in [-0.05, 0) is 31.0 Å². The van der Waals surface area contributed by atoms with Crippen molar-refractivity contribution in [2.75, 3.05) is 11.1 Å². The van der Waals surface area contributed by atoms with Gasteiger partial charge < -0.3 is 11.1 Å². The molecule has 0 fully saturated rings. The third kappa shape index (κ3) is 3.07. The van der Waals surface area contributed by atoms with Crippen molar-refractivity contribution in [3.63, 3.8) is 0 Å². The van der Waals surface area contributed by atoms with E-state index in [2.05, 4.69) is 26.3 Å². The zero-order valence-electron chi connectivity index (χ0n) is 10.2. The van der Waals surface area contributed by atoms with Gasteiger partial charge in [0.2, 0.25) is 17.2 Å². The summed E-state index contributed by atoms with van der Waals surface area (Å²) in [5.41, 5.74) is 7.86. The molecule has 0 bridgehead atoms. The van der Waals surface area contributed by atoms with Crippen molar-refractivity contribution in [2.45, 2.75) is 19.9 Å². The zero-order chi connectivity index (χ0) is 13.1. The number of benzene rings is 1. The molecule has 1 aromatic heterocycles. The van der Waals surface area contributed by atoms with Crippen LogP contribution in [0.2, 0.25) is 5.28 Å². The van der Waals surface area contributed by atoms with Crippen LogP contribution in [0.4, 0.5) is 11.9 Å². The average molecular weight is 264 g/mol. The van der Waals surface area contributed by atoms with Gasteiger partial charge in [-0.1, -0.05) is 29.8 Å². The van der Waals surface area contributed by atoms with Crippen LogP contribution >= 0.6 is 11.6 Å². The number of hydrogen-bond acceptors (Lipinski definition) is 5. The van der Waals surface area contributed by atoms with Crippen molar-refractivity contribution in [1.29, 1.82) is 0 Å². The number of halogens is 1. The molecule has 0 aliphatic carbocycles. The Morgan fingerprint density at radius 3 is 2.72 bits per heavy atom. The molecule has 1 heterocycles. The van der Waals surface area contributed by atoms with Crippen molar-refractivity contribution in [3.05, 3.63) is 40.7 Å². The molecule has 0 saturated carbocycles. The monoisotopic (exact) mass is 263 g/mol. The molecule has 5 nitrogen and oxygen atoms in total. The molecule has 0 radical (unpaired) electrons. The summed E-state index contributed by atoms with van der Waals surface area (Å²) in [5.74, 6) is 0.482. The number of anilines is 2. The van der Waals surface area contributed by atoms with Crippen molar-refractivity contribution >= 4 is 23.5 Å². The lowest BCUT2D eigenvalue weighted by atomic mass is 10.1. The molecular weight excluding hydrogens is 250 g/mol. The number of hydrogen-bond donors (Lipinski definition) is 2. The topological polar surface area (TPSA) is 76.7 Å². The van der Waals surface area contributed by atoms with E-state index in [0.29, 0.717) is 5.95 Å². The van der Waals surface area contributed by atoms with Crippen LogP contribution in [-0.4, -0.2) is 15.0 Å². The van der Waals surface area contributed by atoms with E-state index in [9.17, 15) is 0 Å². The fraction of sp³-hybridized carbons (Fsp3) is 0.250. The Hall–Kier alpha value is -1.88. The third-order valence-electron chi connectivity index (χ3n) is 2.51. The highest BCUT2D eigenvalue weighted by atomic mass is 35.5. The zero-order valence-corrected chi connectivity index (χ0v) is 10.9. The quantitative estimate of drug-likeness (QED) is 0.890. The Labute approximate surface area is 110 Å². The molecule has 3 N–H and O–H groups in total. The molecule has 1 aromatic carbocycles. The van der Waals surface area contributed by atoms with Gasteiger partial charge >= 0.3 is 0 Å². The van der Waals surface area contributed by atoms with Crippen LogP contribution in [0.1, 0.15) is 24.1 Å². The summed E-state index contributed by atoms with van der Waals surface area (Å²) in [4.78, 5) is 11.7. The second-order valence-electron chi connectivity index (χ2n) is 4.07. The van der Waals surface area contributed by atoms with Gasteiger partial charge in [0.15, 0.2) is 0 Å². The second-order valence-corrected chi connectivity index (χ2v) is 4.40. The van der Waals surface area contributed by atoms with E-state index in [1.54, 1.807) is 0 Å². The molecule has 1 atom stereocenters. The molecule has 18 heavy (non-hydrogen) atoms. The van der Waals surface area contributed by atoms with Crippen LogP contribution in [0.25, 0.3) is 0 Å². The van der Waals surface area contributed by atoms with Crippen LogP contribution in [0.5, 0.6) is 0 Å². The fourth-order valence-corrected chi connectivity index (χ4v) is 1.81. The number of nitrogens with two attached hydrogens (primary N) is 1. The normalized spacial score (nSPS) is 12.2. The summed E-state index contributed by atoms with van der Waals surface area (Å²) in [6, 6.07) is 8.26. The van der Waals surface area contributed by atoms with Gasteiger partial charge in [0.25, 0.3) is 0 Å². The summed E-state index contributed by atoms with van der Waals surface area (Å²) >= 11 is 5.72. The molecule has 2 aromatic rings. The van der Waals surface area contributed by atoms with E-state index in [1.165, 1.54) is 5.56 Å². The molecule has 0 saturated heterocycles. The molecule has 2 rings (SSSR count). The SMILES string of the molecule is Cc1cccc(C(C)Nc2nc(N)nc(Cl)n2)c1. The van der Waals surface area contributed by atoms with Crippen LogP contribution in [-0.2, 0) is 0 Å². The highest BCUT2D eigenvalue weighted by Gasteiger charge is 2.08. The summed E-state index contributed by atoms with van der Waals surface area (Å²) in [5, 5.41) is 3.23. The first kappa shape index (κ1) is 12.6. The number of nitrogens with one attached hydrogen (secondary N) is 1. The largest absolute Gasteiger partial charge is 0.368 e. The van der Waals surface area contributed by atoms with E-state index in [0.717, 1.165) is 5.56 Å². The van der Waals surface area contributed by atoms with E-state index in [1.807, 2.05) is 32.0 Å². The van der Waals surface area contributed by atoms with Gasteiger partial charge in [0.05, 0.1) is 6.04 Å². The van der Waals surface area contributed by atoms with Gasteiger partial charge in [-0.3, -0.25) is 0 Å². The highest BCUT2D eigenvalue weighted by molar-refractivity contribution is 6.28. The first-order chi connectivity index (χ1) is 8.54. The van der Waals surface area contributed by atoms with Crippen molar-refractivity contribution in [1.82, 2.24) is 15.0 Å². The van der Waals surface area contributed by atoms with Crippen molar-refractivity contribution < 1.29 is 0 Å². The van der Waals surface area contributed by atoms with E-state index in [-0.39, 0.29) is 17.3 Å². The van der Waals surface area contributed by atoms with Crippen molar-refractivity contribution in [2.24, 2.45) is 0 Å². The van der Waals surface area contributed by atoms with E-state index in [4.69, 9.17) is 17.3 Å². The minimum absolute atomic E-state index is 0.0581. The second kappa shape index (κ2) is 5.18. The third-order valence-corrected chi connectivity index (χ3v) is 2.68. The van der Waals surface area contributed by atoms with Gasteiger partial charge in [-0.25, -0.2) is 0 Å². The predicted molar refractivity (Wildman–Crippen MR) is 72.5 cm³/mol. The minimum atomic E-state index is 0.0581. The number of aryl methyl sites for hydroxylation is 1. The van der Waals surface area contributed by atoms with Crippen molar-refractivity contribution in [3.8, 4) is 0 Å². The molecule has 0 aliphatic rings. The Morgan fingerprint density at radius 2 is 2.06 bits per heavy atom. The number of nitrogens with zero attached hydrogens (tertiary/aromatic N) is 3. The lowest BCUT2D eigenvalue weighted by Gasteiger charge is -2.14. The lowest BCUT2D eigenvalue weighted by molar-refractivity contribution is 0.854. The maximum atomic E-state index is 5.72. The van der Waals surface area contributed by atoms with Crippen LogP contribution in [0.15, 0.2) is 24.3 Å². The Bertz CT molecular complexity index is 538. The summed E-state index contributed by atoms with van der Waals surface area (Å²) < 4.78 is 0. The van der Waals surface area contributed by atoms with Crippen LogP contribution in [0, 0.1) is 6.92 Å². The maximum absolute atomic E-state index is 5.72. The van der Waals surface area contributed by atoms with Crippen LogP contribution in [0.3, 0.4) is 0 Å². The number of nitrogen functional groups attached to an aromatic ring is 1. The molecule has 1 unspecified atom stereocenters. The molecule has 0 spiro atoms. The molecule has 94 valence electrons. The number of aromatic nitrogens is 3. The summed E-state index contributed by atoms with van der Waals surface area (Å²) in [6.45, 7) is 4.07. The average Bonchev–Trinajstić information content (AvgIpc) is 2.27. The highest BCUT2D eigenvalue weighted by Crippen LogP contribution is 2.18. The Kier molecular flexibility index (Phi) is 3.62.